The van der Waals surface area contributed by atoms with Crippen LogP contribution in [0.15, 0.2) is 21.9 Å². The maximum absolute atomic E-state index is 12.7. The zero-order chi connectivity index (χ0) is 18.5. The first-order valence-electron chi connectivity index (χ1n) is 8.84. The van der Waals surface area contributed by atoms with Gasteiger partial charge in [0.05, 0.1) is 22.9 Å². The van der Waals surface area contributed by atoms with Gasteiger partial charge in [0.25, 0.3) is 0 Å². The van der Waals surface area contributed by atoms with Gasteiger partial charge in [0.1, 0.15) is 5.76 Å². The second-order valence-corrected chi connectivity index (χ2v) is 7.38. The summed E-state index contributed by atoms with van der Waals surface area (Å²) >= 11 is 1.55. The van der Waals surface area contributed by atoms with Crippen molar-refractivity contribution in [2.45, 2.75) is 26.2 Å². The minimum Gasteiger partial charge on any atom is -0.440 e. The van der Waals surface area contributed by atoms with Crippen LogP contribution in [0.1, 0.15) is 24.3 Å². The van der Waals surface area contributed by atoms with E-state index in [1.54, 1.807) is 16.2 Å². The number of aryl methyl sites for hydroxylation is 1. The Bertz CT molecular complexity index is 767. The van der Waals surface area contributed by atoms with E-state index in [0.717, 1.165) is 17.7 Å². The van der Waals surface area contributed by atoms with Crippen molar-refractivity contribution >= 4 is 48.0 Å². The topological polar surface area (TPSA) is 101 Å². The van der Waals surface area contributed by atoms with E-state index in [1.165, 1.54) is 0 Å². The van der Waals surface area contributed by atoms with Crippen molar-refractivity contribution in [2.75, 3.05) is 26.2 Å². The van der Waals surface area contributed by atoms with Gasteiger partial charge in [-0.05, 0) is 31.2 Å². The fourth-order valence-electron chi connectivity index (χ4n) is 3.11. The molecule has 1 aliphatic rings. The molecule has 0 aliphatic carbocycles. The Morgan fingerprint density at radius 2 is 2.21 bits per heavy atom. The van der Waals surface area contributed by atoms with Crippen LogP contribution in [-0.4, -0.2) is 47.9 Å². The zero-order valence-electron chi connectivity index (χ0n) is 15.7. The molecule has 0 spiro atoms. The molecule has 28 heavy (non-hydrogen) atoms. The molecular formula is C18H26Cl2N4O3S. The van der Waals surface area contributed by atoms with Gasteiger partial charge in [-0.25, -0.2) is 4.98 Å². The van der Waals surface area contributed by atoms with E-state index in [1.807, 2.05) is 24.4 Å². The molecule has 1 saturated heterocycles. The molecule has 2 aromatic rings. The van der Waals surface area contributed by atoms with Gasteiger partial charge < -0.3 is 20.4 Å². The number of nitrogens with zero attached hydrogens (tertiary/aromatic N) is 2. The summed E-state index contributed by atoms with van der Waals surface area (Å²) in [6.45, 7) is 3.83. The highest BCUT2D eigenvalue weighted by Crippen LogP contribution is 2.26. The number of halogens is 2. The van der Waals surface area contributed by atoms with Crippen LogP contribution in [-0.2, 0) is 16.0 Å². The quantitative estimate of drug-likeness (QED) is 0.706. The van der Waals surface area contributed by atoms with Gasteiger partial charge in [0, 0.05) is 26.2 Å². The Hall–Kier alpha value is -1.61. The van der Waals surface area contributed by atoms with E-state index in [4.69, 9.17) is 10.2 Å². The number of aromatic nitrogens is 1. The third-order valence-corrected chi connectivity index (χ3v) is 5.39. The number of nitrogens with one attached hydrogen (secondary N) is 1. The van der Waals surface area contributed by atoms with Gasteiger partial charge >= 0.3 is 0 Å². The number of oxazole rings is 1. The number of carbonyl (C=O) groups is 2. The maximum atomic E-state index is 12.7. The van der Waals surface area contributed by atoms with Crippen LogP contribution >= 0.6 is 36.2 Å². The SMILES string of the molecule is Cc1oc(-c2cccs2)nc1CC(=O)N1CCCC(C(=O)NCCN)C1.Cl.Cl. The number of piperidine rings is 1. The fraction of sp³-hybridized carbons (Fsp3) is 0.500. The molecule has 10 heteroatoms. The molecule has 0 bridgehead atoms. The number of rotatable bonds is 6. The molecule has 1 unspecified atom stereocenters. The molecule has 156 valence electrons. The summed E-state index contributed by atoms with van der Waals surface area (Å²) in [6, 6.07) is 3.88. The summed E-state index contributed by atoms with van der Waals surface area (Å²) in [5.41, 5.74) is 6.08. The van der Waals surface area contributed by atoms with Gasteiger partial charge in [-0.15, -0.1) is 36.2 Å². The van der Waals surface area contributed by atoms with Gasteiger partial charge in [-0.2, -0.15) is 0 Å². The number of hydrogen-bond donors (Lipinski definition) is 2. The van der Waals surface area contributed by atoms with E-state index in [2.05, 4.69) is 10.3 Å². The molecule has 2 amide bonds. The highest BCUT2D eigenvalue weighted by molar-refractivity contribution is 7.13. The zero-order valence-corrected chi connectivity index (χ0v) is 18.1. The predicted octanol–water partition coefficient (Wildman–Crippen LogP) is 2.41. The van der Waals surface area contributed by atoms with E-state index in [-0.39, 0.29) is 49.0 Å². The van der Waals surface area contributed by atoms with Gasteiger partial charge in [-0.3, -0.25) is 9.59 Å². The van der Waals surface area contributed by atoms with Crippen LogP contribution in [0.25, 0.3) is 10.8 Å². The molecule has 3 heterocycles. The summed E-state index contributed by atoms with van der Waals surface area (Å²) in [5, 5.41) is 4.77. The Balaban J connectivity index is 0.00000196. The normalized spacial score (nSPS) is 16.1. The average molecular weight is 449 g/mol. The van der Waals surface area contributed by atoms with Crippen LogP contribution in [0, 0.1) is 12.8 Å². The fourth-order valence-corrected chi connectivity index (χ4v) is 3.76. The second kappa shape index (κ2) is 11.4. The van der Waals surface area contributed by atoms with Crippen LogP contribution < -0.4 is 11.1 Å². The third kappa shape index (κ3) is 5.94. The lowest BCUT2D eigenvalue weighted by molar-refractivity contribution is -0.135. The molecular weight excluding hydrogens is 423 g/mol. The molecule has 3 N–H and O–H groups in total. The highest BCUT2D eigenvalue weighted by atomic mass is 35.5. The summed E-state index contributed by atoms with van der Waals surface area (Å²) < 4.78 is 5.70. The predicted molar refractivity (Wildman–Crippen MR) is 114 cm³/mol. The molecule has 1 aliphatic heterocycles. The van der Waals surface area contributed by atoms with Gasteiger partial charge in [0.15, 0.2) is 0 Å². The molecule has 1 atom stereocenters. The minimum atomic E-state index is -0.167. The standard InChI is InChI=1S/C18H24N4O3S.2ClH/c1-12-14(21-18(25-12)15-5-3-9-26-15)10-16(23)22-8-2-4-13(11-22)17(24)20-7-6-19;;/h3,5,9,13H,2,4,6-8,10-11,19H2,1H3,(H,20,24);2*1H. The van der Waals surface area contributed by atoms with Crippen LogP contribution in [0.2, 0.25) is 0 Å². The molecule has 0 saturated carbocycles. The van der Waals surface area contributed by atoms with E-state index >= 15 is 0 Å². The Kier molecular flexibility index (Phi) is 9.95. The number of amides is 2. The molecule has 0 aromatic carbocycles. The minimum absolute atomic E-state index is 0. The first kappa shape index (κ1) is 24.4. The molecule has 1 fully saturated rings. The molecule has 0 radical (unpaired) electrons. The average Bonchev–Trinajstić information content (AvgIpc) is 3.30. The van der Waals surface area contributed by atoms with Crippen molar-refractivity contribution < 1.29 is 14.0 Å². The van der Waals surface area contributed by atoms with Crippen molar-refractivity contribution in [3.8, 4) is 10.8 Å². The number of hydrogen-bond acceptors (Lipinski definition) is 6. The van der Waals surface area contributed by atoms with E-state index in [0.29, 0.717) is 43.5 Å². The molecule has 3 rings (SSSR count). The third-order valence-electron chi connectivity index (χ3n) is 4.53. The number of likely N-dealkylation sites (tertiary alicyclic amines) is 1. The summed E-state index contributed by atoms with van der Waals surface area (Å²) in [4.78, 5) is 32.0. The van der Waals surface area contributed by atoms with Crippen molar-refractivity contribution in [1.29, 1.82) is 0 Å². The number of carbonyl (C=O) groups excluding carboxylic acids is 2. The van der Waals surface area contributed by atoms with Crippen molar-refractivity contribution in [1.82, 2.24) is 15.2 Å². The highest BCUT2D eigenvalue weighted by Gasteiger charge is 2.29. The van der Waals surface area contributed by atoms with Crippen LogP contribution in [0.5, 0.6) is 0 Å². The van der Waals surface area contributed by atoms with Crippen molar-refractivity contribution in [3.05, 3.63) is 29.0 Å². The summed E-state index contributed by atoms with van der Waals surface area (Å²) in [6.07, 6.45) is 1.81. The van der Waals surface area contributed by atoms with Crippen molar-refractivity contribution in [3.63, 3.8) is 0 Å². The monoisotopic (exact) mass is 448 g/mol. The Morgan fingerprint density at radius 1 is 1.43 bits per heavy atom. The van der Waals surface area contributed by atoms with E-state index < -0.39 is 0 Å². The summed E-state index contributed by atoms with van der Waals surface area (Å²) in [5.74, 6) is 1.01. The van der Waals surface area contributed by atoms with Crippen molar-refractivity contribution in [2.24, 2.45) is 11.7 Å². The maximum Gasteiger partial charge on any atom is 0.236 e. The Labute approximate surface area is 180 Å². The lowest BCUT2D eigenvalue weighted by atomic mass is 9.96. The Morgan fingerprint density at radius 3 is 2.89 bits per heavy atom. The van der Waals surface area contributed by atoms with Crippen LogP contribution in [0.4, 0.5) is 0 Å². The number of thiophene rings is 1. The lowest BCUT2D eigenvalue weighted by Gasteiger charge is -2.32. The largest absolute Gasteiger partial charge is 0.440 e. The van der Waals surface area contributed by atoms with Gasteiger partial charge in [-0.1, -0.05) is 6.07 Å². The first-order valence-corrected chi connectivity index (χ1v) is 9.72. The molecule has 2 aromatic heterocycles. The van der Waals surface area contributed by atoms with Crippen LogP contribution in [0.3, 0.4) is 0 Å². The van der Waals surface area contributed by atoms with Gasteiger partial charge in [0.2, 0.25) is 17.7 Å². The smallest absolute Gasteiger partial charge is 0.236 e. The second-order valence-electron chi connectivity index (χ2n) is 6.43. The lowest BCUT2D eigenvalue weighted by Crippen LogP contribution is -2.46. The first-order chi connectivity index (χ1) is 12.6. The number of nitrogens with two attached hydrogens (primary N) is 1. The van der Waals surface area contributed by atoms with E-state index in [9.17, 15) is 9.59 Å². The summed E-state index contributed by atoms with van der Waals surface area (Å²) in [7, 11) is 0. The molecule has 7 nitrogen and oxygen atoms in total.